The van der Waals surface area contributed by atoms with Crippen LogP contribution in [0.25, 0.3) is 27.4 Å². The van der Waals surface area contributed by atoms with Crippen LogP contribution < -0.4 is 4.74 Å². The highest BCUT2D eigenvalue weighted by molar-refractivity contribution is 6.35. The van der Waals surface area contributed by atoms with Crippen LogP contribution in [0, 0.1) is 0 Å². The molecule has 0 saturated heterocycles. The number of aliphatic hydroxyl groups excluding tert-OH is 1. The summed E-state index contributed by atoms with van der Waals surface area (Å²) in [5, 5.41) is 13.4. The van der Waals surface area contributed by atoms with Gasteiger partial charge in [0.2, 0.25) is 0 Å². The number of benzene rings is 2. The van der Waals surface area contributed by atoms with Gasteiger partial charge in [0.25, 0.3) is 0 Å². The van der Waals surface area contributed by atoms with E-state index in [0.29, 0.717) is 6.54 Å². The van der Waals surface area contributed by atoms with Crippen molar-refractivity contribution in [1.82, 2.24) is 14.9 Å². The molecule has 0 bridgehead atoms. The van der Waals surface area contributed by atoms with Crippen LogP contribution >= 0.6 is 11.6 Å². The molecular formula is C24H24ClN3O2. The predicted octanol–water partition coefficient (Wildman–Crippen LogP) is 4.83. The van der Waals surface area contributed by atoms with Crippen LogP contribution in [0.15, 0.2) is 60.9 Å². The van der Waals surface area contributed by atoms with Crippen molar-refractivity contribution in [2.45, 2.75) is 12.5 Å². The highest BCUT2D eigenvalue weighted by Gasteiger charge is 2.19. The monoisotopic (exact) mass is 421 g/mol. The van der Waals surface area contributed by atoms with E-state index in [9.17, 15) is 5.11 Å². The molecule has 1 aliphatic heterocycles. The van der Waals surface area contributed by atoms with Crippen molar-refractivity contribution in [2.24, 2.45) is 0 Å². The van der Waals surface area contributed by atoms with Gasteiger partial charge >= 0.3 is 0 Å². The van der Waals surface area contributed by atoms with E-state index < -0.39 is 6.10 Å². The fourth-order valence-corrected chi connectivity index (χ4v) is 4.45. The lowest BCUT2D eigenvalue weighted by Gasteiger charge is -2.28. The molecule has 30 heavy (non-hydrogen) atoms. The number of nitrogens with one attached hydrogen (secondary N) is 2. The number of nitrogens with zero attached hydrogens (tertiary/aromatic N) is 1. The van der Waals surface area contributed by atoms with E-state index in [1.165, 1.54) is 11.1 Å². The number of halogens is 1. The third-order valence-electron chi connectivity index (χ3n) is 5.76. The number of ether oxygens (including phenoxy) is 1. The number of hydrogen-bond acceptors (Lipinski definition) is 3. The van der Waals surface area contributed by atoms with Crippen LogP contribution in [-0.4, -0.2) is 52.3 Å². The second-order valence-corrected chi connectivity index (χ2v) is 8.17. The molecule has 1 aliphatic rings. The predicted molar refractivity (Wildman–Crippen MR) is 122 cm³/mol. The molecule has 1 atom stereocenters. The van der Waals surface area contributed by atoms with Gasteiger partial charge in [-0.15, -0.1) is 0 Å². The molecule has 2 aromatic heterocycles. The molecule has 6 heteroatoms. The Labute approximate surface area is 179 Å². The van der Waals surface area contributed by atoms with Crippen LogP contribution in [0.4, 0.5) is 0 Å². The molecule has 2 aromatic carbocycles. The number of hydrogen-bond donors (Lipinski definition) is 3. The molecule has 0 unspecified atom stereocenters. The van der Waals surface area contributed by atoms with Gasteiger partial charge in [0.1, 0.15) is 18.5 Å². The quantitative estimate of drug-likeness (QED) is 0.417. The minimum absolute atomic E-state index is 0.276. The molecule has 0 aliphatic carbocycles. The molecular weight excluding hydrogens is 398 g/mol. The number of aromatic amines is 2. The molecule has 3 N–H and O–H groups in total. The van der Waals surface area contributed by atoms with Gasteiger partial charge in [-0.25, -0.2) is 0 Å². The zero-order valence-corrected chi connectivity index (χ0v) is 17.3. The van der Waals surface area contributed by atoms with E-state index in [4.69, 9.17) is 16.3 Å². The van der Waals surface area contributed by atoms with E-state index in [1.54, 1.807) is 0 Å². The molecule has 4 aromatic rings. The first-order valence-corrected chi connectivity index (χ1v) is 10.6. The molecule has 3 heterocycles. The minimum Gasteiger partial charge on any atom is -0.490 e. The molecule has 0 spiro atoms. The third kappa shape index (κ3) is 3.72. The number of rotatable bonds is 6. The SMILES string of the molecule is O[C@H](COc1cccc2[nH]ccc12)CN1CC=C(c2c[nH]c3c(Cl)cccc23)CC1. The number of aliphatic hydroxyl groups is 1. The van der Waals surface area contributed by atoms with Crippen LogP contribution in [0.1, 0.15) is 12.0 Å². The third-order valence-corrected chi connectivity index (χ3v) is 6.07. The van der Waals surface area contributed by atoms with Crippen LogP contribution in [0.5, 0.6) is 5.75 Å². The van der Waals surface area contributed by atoms with Gasteiger partial charge in [-0.3, -0.25) is 4.90 Å². The summed E-state index contributed by atoms with van der Waals surface area (Å²) in [7, 11) is 0. The Bertz CT molecular complexity index is 1210. The largest absolute Gasteiger partial charge is 0.490 e. The van der Waals surface area contributed by atoms with Crippen molar-refractivity contribution >= 4 is 39.0 Å². The molecule has 5 rings (SSSR count). The van der Waals surface area contributed by atoms with Crippen molar-refractivity contribution in [3.63, 3.8) is 0 Å². The molecule has 0 fully saturated rings. The Morgan fingerprint density at radius 2 is 2.00 bits per heavy atom. The fourth-order valence-electron chi connectivity index (χ4n) is 4.22. The lowest BCUT2D eigenvalue weighted by Crippen LogP contribution is -2.38. The second-order valence-electron chi connectivity index (χ2n) is 7.76. The maximum absolute atomic E-state index is 10.5. The Morgan fingerprint density at radius 3 is 2.87 bits per heavy atom. The van der Waals surface area contributed by atoms with Crippen molar-refractivity contribution in [2.75, 3.05) is 26.2 Å². The Kier molecular flexibility index (Phi) is 5.25. The standard InChI is InChI=1S/C24H24ClN3O2/c25-21-4-1-3-18-20(13-27-24(18)21)16-8-11-28(12-9-16)14-17(29)15-30-23-6-2-5-22-19(23)7-10-26-22/h1-8,10,13,17,26-27,29H,9,11-12,14-15H2/t17-/m0/s1. The van der Waals surface area contributed by atoms with E-state index >= 15 is 0 Å². The van der Waals surface area contributed by atoms with Gasteiger partial charge in [-0.1, -0.05) is 35.9 Å². The van der Waals surface area contributed by atoms with Crippen molar-refractivity contribution in [1.29, 1.82) is 0 Å². The summed E-state index contributed by atoms with van der Waals surface area (Å²) >= 11 is 6.29. The molecule has 0 saturated carbocycles. The molecule has 0 radical (unpaired) electrons. The fraction of sp³-hybridized carbons (Fsp3) is 0.250. The van der Waals surface area contributed by atoms with Crippen LogP contribution in [0.3, 0.4) is 0 Å². The van der Waals surface area contributed by atoms with E-state index in [0.717, 1.165) is 52.1 Å². The summed E-state index contributed by atoms with van der Waals surface area (Å²) in [5.74, 6) is 0.798. The van der Waals surface area contributed by atoms with Gasteiger partial charge in [-0.2, -0.15) is 0 Å². The summed E-state index contributed by atoms with van der Waals surface area (Å²) in [4.78, 5) is 8.73. The lowest BCUT2D eigenvalue weighted by molar-refractivity contribution is 0.0722. The normalized spacial score (nSPS) is 16.1. The number of aromatic nitrogens is 2. The van der Waals surface area contributed by atoms with E-state index in [1.807, 2.05) is 48.8 Å². The van der Waals surface area contributed by atoms with Gasteiger partial charge < -0.3 is 19.8 Å². The molecule has 5 nitrogen and oxygen atoms in total. The smallest absolute Gasteiger partial charge is 0.128 e. The molecule has 154 valence electrons. The maximum Gasteiger partial charge on any atom is 0.128 e. The first-order valence-electron chi connectivity index (χ1n) is 10.2. The summed E-state index contributed by atoms with van der Waals surface area (Å²) in [6.45, 7) is 2.58. The van der Waals surface area contributed by atoms with E-state index in [2.05, 4.69) is 27.0 Å². The Morgan fingerprint density at radius 1 is 1.10 bits per heavy atom. The van der Waals surface area contributed by atoms with Gasteiger partial charge in [0.05, 0.1) is 10.5 Å². The summed E-state index contributed by atoms with van der Waals surface area (Å²) in [6.07, 6.45) is 6.59. The van der Waals surface area contributed by atoms with Crippen molar-refractivity contribution < 1.29 is 9.84 Å². The maximum atomic E-state index is 10.5. The minimum atomic E-state index is -0.541. The average Bonchev–Trinajstić information content (AvgIpc) is 3.41. The number of H-pyrrole nitrogens is 2. The lowest BCUT2D eigenvalue weighted by atomic mass is 9.99. The Hall–Kier alpha value is -2.73. The molecule has 0 amide bonds. The first-order chi connectivity index (χ1) is 14.7. The first kappa shape index (κ1) is 19.2. The van der Waals surface area contributed by atoms with Crippen molar-refractivity contribution in [3.8, 4) is 5.75 Å². The topological polar surface area (TPSA) is 64.3 Å². The van der Waals surface area contributed by atoms with Crippen molar-refractivity contribution in [3.05, 3.63) is 71.5 Å². The van der Waals surface area contributed by atoms with Crippen LogP contribution in [0.2, 0.25) is 5.02 Å². The van der Waals surface area contributed by atoms with Gasteiger partial charge in [0.15, 0.2) is 0 Å². The summed E-state index contributed by atoms with van der Waals surface area (Å²) in [5.41, 5.74) is 4.57. The second kappa shape index (κ2) is 8.19. The Balaban J connectivity index is 1.20. The summed E-state index contributed by atoms with van der Waals surface area (Å²) < 4.78 is 5.89. The number of β-amino-alcohol motifs (C(OH)–C–C–N with tert-alkyl or cyclic N) is 1. The number of fused-ring (bicyclic) bond motifs is 2. The highest BCUT2D eigenvalue weighted by Crippen LogP contribution is 2.32. The average molecular weight is 422 g/mol. The van der Waals surface area contributed by atoms with Gasteiger partial charge in [0, 0.05) is 53.9 Å². The van der Waals surface area contributed by atoms with Crippen LogP contribution in [-0.2, 0) is 0 Å². The zero-order chi connectivity index (χ0) is 20.5. The highest BCUT2D eigenvalue weighted by atomic mass is 35.5. The number of para-hydroxylation sites is 1. The van der Waals surface area contributed by atoms with E-state index in [-0.39, 0.29) is 6.61 Å². The summed E-state index contributed by atoms with van der Waals surface area (Å²) in [6, 6.07) is 13.9. The van der Waals surface area contributed by atoms with Gasteiger partial charge in [-0.05, 0) is 36.3 Å². The zero-order valence-electron chi connectivity index (χ0n) is 16.6.